The topological polar surface area (TPSA) is 67.8 Å². The Morgan fingerprint density at radius 2 is 2.00 bits per heavy atom. The van der Waals surface area contributed by atoms with Crippen LogP contribution in [0.5, 0.6) is 5.88 Å². The van der Waals surface area contributed by atoms with Gasteiger partial charge >= 0.3 is 6.09 Å². The van der Waals surface area contributed by atoms with E-state index in [2.05, 4.69) is 40.7 Å². The van der Waals surface area contributed by atoms with E-state index >= 15 is 0 Å². The number of carbonyl (C=O) groups is 1. The first-order valence-electron chi connectivity index (χ1n) is 11.1. The highest BCUT2D eigenvalue weighted by atomic mass is 32.1. The number of carbonyl (C=O) groups excluding carboxylic acids is 1. The lowest BCUT2D eigenvalue weighted by Gasteiger charge is -2.37. The maximum Gasteiger partial charge on any atom is 0.414 e. The highest BCUT2D eigenvalue weighted by Crippen LogP contribution is 2.30. The van der Waals surface area contributed by atoms with E-state index in [1.807, 2.05) is 4.90 Å². The molecule has 1 aromatic heterocycles. The van der Waals surface area contributed by atoms with Gasteiger partial charge in [-0.3, -0.25) is 4.48 Å². The number of ether oxygens (including phenoxy) is 2. The van der Waals surface area contributed by atoms with Crippen LogP contribution in [-0.4, -0.2) is 95.8 Å². The first-order chi connectivity index (χ1) is 14.5. The molecule has 2 aliphatic heterocycles. The number of piperazine rings is 1. The molecule has 2 aliphatic rings. The number of aromatic nitrogens is 2. The third-order valence-corrected chi connectivity index (χ3v) is 6.38. The minimum Gasteiger partial charge on any atom is -0.475 e. The SMILES string of the molecule is CCCCCCOc1nsnc1C1=CCC[N+](C)(COC(=O)N2CCN(C)CC2)C1. The monoisotopic (exact) mass is 438 g/mol. The first-order valence-corrected chi connectivity index (χ1v) is 11.8. The molecule has 9 heteroatoms. The fourth-order valence-corrected chi connectivity index (χ4v) is 4.38. The van der Waals surface area contributed by atoms with Gasteiger partial charge < -0.3 is 19.3 Å². The Labute approximate surface area is 184 Å². The van der Waals surface area contributed by atoms with Gasteiger partial charge in [-0.25, -0.2) is 4.79 Å². The van der Waals surface area contributed by atoms with Crippen molar-refractivity contribution in [3.63, 3.8) is 0 Å². The number of likely N-dealkylation sites (N-methyl/N-ethyl adjacent to an activating group) is 2. The number of hydrogen-bond acceptors (Lipinski definition) is 7. The van der Waals surface area contributed by atoms with E-state index in [4.69, 9.17) is 9.47 Å². The molecule has 1 unspecified atom stereocenters. The first kappa shape index (κ1) is 23.0. The molecule has 3 rings (SSSR count). The van der Waals surface area contributed by atoms with Crippen molar-refractivity contribution in [3.8, 4) is 5.88 Å². The Morgan fingerprint density at radius 3 is 2.77 bits per heavy atom. The van der Waals surface area contributed by atoms with Crippen molar-refractivity contribution in [2.24, 2.45) is 0 Å². The third-order valence-electron chi connectivity index (χ3n) is 5.87. The largest absolute Gasteiger partial charge is 0.475 e. The van der Waals surface area contributed by atoms with Gasteiger partial charge in [-0.2, -0.15) is 4.37 Å². The summed E-state index contributed by atoms with van der Waals surface area (Å²) in [6.07, 6.45) is 7.62. The number of quaternary nitrogens is 1. The summed E-state index contributed by atoms with van der Waals surface area (Å²) in [5.74, 6) is 0.644. The van der Waals surface area contributed by atoms with Crippen molar-refractivity contribution in [2.75, 3.05) is 66.7 Å². The lowest BCUT2D eigenvalue weighted by atomic mass is 10.1. The Bertz CT molecular complexity index is 717. The van der Waals surface area contributed by atoms with Gasteiger partial charge in [-0.15, -0.1) is 4.37 Å². The van der Waals surface area contributed by atoms with E-state index in [9.17, 15) is 4.79 Å². The molecule has 1 fully saturated rings. The van der Waals surface area contributed by atoms with Crippen molar-refractivity contribution in [2.45, 2.75) is 39.0 Å². The Balaban J connectivity index is 1.51. The predicted octanol–water partition coefficient (Wildman–Crippen LogP) is 3.07. The molecule has 0 radical (unpaired) electrons. The fraction of sp³-hybridized carbons (Fsp3) is 0.762. The molecule has 3 heterocycles. The molecule has 1 aromatic rings. The van der Waals surface area contributed by atoms with E-state index in [1.165, 1.54) is 31.0 Å². The molecule has 8 nitrogen and oxygen atoms in total. The van der Waals surface area contributed by atoms with Gasteiger partial charge in [-0.05, 0) is 13.5 Å². The van der Waals surface area contributed by atoms with Gasteiger partial charge in [0.1, 0.15) is 12.2 Å². The van der Waals surface area contributed by atoms with Crippen molar-refractivity contribution >= 4 is 23.4 Å². The zero-order chi connectivity index (χ0) is 21.4. The van der Waals surface area contributed by atoms with Gasteiger partial charge in [0.05, 0.1) is 31.9 Å². The number of hydrogen-bond donors (Lipinski definition) is 0. The smallest absolute Gasteiger partial charge is 0.414 e. The second kappa shape index (κ2) is 11.1. The number of unbranched alkanes of at least 4 members (excludes halogenated alkanes) is 3. The van der Waals surface area contributed by atoms with Crippen molar-refractivity contribution < 1.29 is 18.8 Å². The van der Waals surface area contributed by atoms with Crippen LogP contribution in [0.1, 0.15) is 44.7 Å². The standard InChI is InChI=1S/C21H36N5O3S/c1-4-5-6-7-15-28-20-19(22-30-23-20)18-9-8-14-26(3,16-18)17-29-21(27)25-12-10-24(2)11-13-25/h9H,4-8,10-17H2,1-3H3/q+1. The summed E-state index contributed by atoms with van der Waals surface area (Å²) in [6.45, 7) is 8.20. The van der Waals surface area contributed by atoms with Gasteiger partial charge in [0, 0.05) is 38.2 Å². The minimum atomic E-state index is -0.204. The summed E-state index contributed by atoms with van der Waals surface area (Å²) >= 11 is 1.20. The third kappa shape index (κ3) is 6.39. The van der Waals surface area contributed by atoms with Crippen LogP contribution in [0, 0.1) is 0 Å². The maximum atomic E-state index is 12.5. The molecule has 30 heavy (non-hydrogen) atoms. The number of nitrogens with zero attached hydrogens (tertiary/aromatic N) is 5. The lowest BCUT2D eigenvalue weighted by molar-refractivity contribution is -0.919. The van der Waals surface area contributed by atoms with E-state index in [0.29, 0.717) is 23.7 Å². The molecule has 0 aromatic carbocycles. The van der Waals surface area contributed by atoms with E-state index in [1.54, 1.807) is 0 Å². The average Bonchev–Trinajstić information content (AvgIpc) is 3.21. The molecule has 1 saturated heterocycles. The summed E-state index contributed by atoms with van der Waals surface area (Å²) in [5.41, 5.74) is 1.99. The Morgan fingerprint density at radius 1 is 1.20 bits per heavy atom. The lowest BCUT2D eigenvalue weighted by Crippen LogP contribution is -2.52. The van der Waals surface area contributed by atoms with Gasteiger partial charge in [-0.1, -0.05) is 32.3 Å². The fourth-order valence-electron chi connectivity index (χ4n) is 3.85. The summed E-state index contributed by atoms with van der Waals surface area (Å²) < 4.78 is 21.1. The molecule has 0 spiro atoms. The second-order valence-electron chi connectivity index (χ2n) is 8.68. The van der Waals surface area contributed by atoms with Crippen LogP contribution in [0.25, 0.3) is 5.57 Å². The molecule has 0 aliphatic carbocycles. The van der Waals surface area contributed by atoms with E-state index < -0.39 is 0 Å². The van der Waals surface area contributed by atoms with E-state index in [-0.39, 0.29) is 6.09 Å². The quantitative estimate of drug-likeness (QED) is 0.436. The predicted molar refractivity (Wildman–Crippen MR) is 118 cm³/mol. The molecule has 1 amide bonds. The van der Waals surface area contributed by atoms with Crippen molar-refractivity contribution in [1.29, 1.82) is 0 Å². The number of rotatable bonds is 9. The molecule has 168 valence electrons. The minimum absolute atomic E-state index is 0.204. The number of amides is 1. The van der Waals surface area contributed by atoms with Gasteiger partial charge in [0.15, 0.2) is 0 Å². The summed E-state index contributed by atoms with van der Waals surface area (Å²) in [4.78, 5) is 16.5. The highest BCUT2D eigenvalue weighted by Gasteiger charge is 2.32. The molecular weight excluding hydrogens is 402 g/mol. The average molecular weight is 439 g/mol. The van der Waals surface area contributed by atoms with Crippen LogP contribution in [0.15, 0.2) is 6.08 Å². The summed E-state index contributed by atoms with van der Waals surface area (Å²) in [5, 5.41) is 0. The molecule has 0 bridgehead atoms. The van der Waals surface area contributed by atoms with Crippen LogP contribution >= 0.6 is 11.7 Å². The Hall–Kier alpha value is -1.71. The van der Waals surface area contributed by atoms with Crippen LogP contribution in [0.2, 0.25) is 0 Å². The van der Waals surface area contributed by atoms with Crippen molar-refractivity contribution in [1.82, 2.24) is 18.5 Å². The Kier molecular flexibility index (Phi) is 8.47. The van der Waals surface area contributed by atoms with E-state index in [0.717, 1.165) is 63.4 Å². The normalized spacial score (nSPS) is 22.6. The zero-order valence-electron chi connectivity index (χ0n) is 18.6. The van der Waals surface area contributed by atoms with Crippen LogP contribution in [0.4, 0.5) is 4.79 Å². The van der Waals surface area contributed by atoms with Crippen LogP contribution in [0.3, 0.4) is 0 Å². The second-order valence-corrected chi connectivity index (χ2v) is 9.20. The highest BCUT2D eigenvalue weighted by molar-refractivity contribution is 6.99. The van der Waals surface area contributed by atoms with Crippen molar-refractivity contribution in [3.05, 3.63) is 11.8 Å². The van der Waals surface area contributed by atoms with Crippen LogP contribution < -0.4 is 4.74 Å². The summed E-state index contributed by atoms with van der Waals surface area (Å²) in [7, 11) is 4.21. The molecular formula is C21H36N5O3S+. The molecule has 0 N–H and O–H groups in total. The van der Waals surface area contributed by atoms with Crippen LogP contribution in [-0.2, 0) is 4.74 Å². The zero-order valence-corrected chi connectivity index (χ0v) is 19.5. The van der Waals surface area contributed by atoms with Gasteiger partial charge in [0.2, 0.25) is 6.73 Å². The van der Waals surface area contributed by atoms with Gasteiger partial charge in [0.25, 0.3) is 5.88 Å². The molecule has 1 atom stereocenters. The maximum absolute atomic E-state index is 12.5. The molecule has 0 saturated carbocycles. The summed E-state index contributed by atoms with van der Waals surface area (Å²) in [6, 6.07) is 0.